The van der Waals surface area contributed by atoms with Gasteiger partial charge in [0.1, 0.15) is 0 Å². The molecule has 7 nitrogen and oxygen atoms in total. The molecule has 33 heavy (non-hydrogen) atoms. The maximum atomic E-state index is 13.6. The van der Waals surface area contributed by atoms with E-state index in [9.17, 15) is 14.7 Å². The number of unbranched alkanes of at least 4 members (excludes halogenated alkanes) is 4. The van der Waals surface area contributed by atoms with Crippen molar-refractivity contribution in [2.24, 2.45) is 0 Å². The lowest BCUT2D eigenvalue weighted by molar-refractivity contribution is -0.368. The van der Waals surface area contributed by atoms with Crippen LogP contribution in [0.4, 0.5) is 11.4 Å². The van der Waals surface area contributed by atoms with Crippen molar-refractivity contribution in [3.05, 3.63) is 60.7 Å². The number of quaternary nitrogens is 1. The van der Waals surface area contributed by atoms with Crippen LogP contribution in [0, 0.1) is 0 Å². The van der Waals surface area contributed by atoms with Crippen molar-refractivity contribution in [2.75, 3.05) is 23.5 Å². The van der Waals surface area contributed by atoms with Crippen molar-refractivity contribution in [1.29, 1.82) is 0 Å². The molecule has 182 valence electrons. The number of nitrogens with one attached hydrogen (secondary N) is 2. The number of carbonyl (C=O) groups excluding carboxylic acids is 2. The maximum absolute atomic E-state index is 13.6. The number of hydrogen-bond donors (Lipinski definition) is 4. The van der Waals surface area contributed by atoms with Crippen molar-refractivity contribution < 1.29 is 32.8 Å². The molecule has 2 aromatic carbocycles. The Bertz CT molecular complexity index is 823. The molecule has 2 aromatic rings. The highest BCUT2D eigenvalue weighted by atomic mass is 35.5. The first-order valence-corrected chi connectivity index (χ1v) is 11.5. The van der Waals surface area contributed by atoms with Gasteiger partial charge in [-0.3, -0.25) is 15.0 Å². The van der Waals surface area contributed by atoms with Gasteiger partial charge in [-0.2, -0.15) is 0 Å². The number of nitrogens with zero attached hydrogens (tertiary/aromatic N) is 1. The first-order valence-electron chi connectivity index (χ1n) is 11.5. The average Bonchev–Trinajstić information content (AvgIpc) is 2.83. The van der Waals surface area contributed by atoms with Crippen molar-refractivity contribution in [3.8, 4) is 0 Å². The van der Waals surface area contributed by atoms with Crippen molar-refractivity contribution in [3.63, 3.8) is 0 Å². The molecule has 0 aliphatic rings. The fraction of sp³-hybridized carbons (Fsp3) is 0.440. The van der Waals surface area contributed by atoms with E-state index in [4.69, 9.17) is 0 Å². The number of anilines is 2. The highest BCUT2D eigenvalue weighted by Crippen LogP contribution is 2.24. The third-order valence-electron chi connectivity index (χ3n) is 5.32. The Morgan fingerprint density at radius 3 is 2.15 bits per heavy atom. The summed E-state index contributed by atoms with van der Waals surface area (Å²) in [6.45, 7) is 3.29. The lowest BCUT2D eigenvalue weighted by Crippen LogP contribution is -3.00. The van der Waals surface area contributed by atoms with E-state index < -0.39 is 17.4 Å². The zero-order chi connectivity index (χ0) is 23.2. The van der Waals surface area contributed by atoms with E-state index in [2.05, 4.69) is 16.5 Å². The number of halogens is 1. The van der Waals surface area contributed by atoms with Crippen LogP contribution in [0.5, 0.6) is 0 Å². The smallest absolute Gasteiger partial charge is 0.287 e. The lowest BCUT2D eigenvalue weighted by Gasteiger charge is -2.33. The molecule has 0 fully saturated rings. The molecule has 2 rings (SSSR count). The standard InChI is InChI=1S/C25H36N4O3.ClH/c1-2-3-18-25(32,23(30)27-20-13-5-4-12-19-26)24(31)29(22-16-10-7-11-17-22)28-21-14-8-6-9-15-21;/h6-11,14-17,28,32H,2-5,12-13,18-20,26H2,1H3,(H,27,30);1H. The fourth-order valence-electron chi connectivity index (χ4n) is 3.39. The topological polar surface area (TPSA) is 109 Å². The zero-order valence-electron chi connectivity index (χ0n) is 19.4. The number of para-hydroxylation sites is 2. The summed E-state index contributed by atoms with van der Waals surface area (Å²) in [6, 6.07) is 18.2. The first kappa shape index (κ1) is 28.4. The van der Waals surface area contributed by atoms with Crippen LogP contribution in [-0.4, -0.2) is 35.6 Å². The van der Waals surface area contributed by atoms with Crippen molar-refractivity contribution >= 4 is 23.2 Å². The summed E-state index contributed by atoms with van der Waals surface area (Å²) < 4.78 is 0. The molecule has 8 heteroatoms. The van der Waals surface area contributed by atoms with Gasteiger partial charge in [-0.05, 0) is 56.4 Å². The molecule has 0 aliphatic carbocycles. The summed E-state index contributed by atoms with van der Waals surface area (Å²) in [6.07, 6.45) is 5.25. The van der Waals surface area contributed by atoms with Gasteiger partial charge in [0.05, 0.1) is 17.9 Å². The average molecular weight is 477 g/mol. The summed E-state index contributed by atoms with van der Waals surface area (Å²) in [5.41, 5.74) is 5.94. The van der Waals surface area contributed by atoms with Crippen LogP contribution in [-0.2, 0) is 9.59 Å². The van der Waals surface area contributed by atoms with E-state index in [1.54, 1.807) is 24.3 Å². The van der Waals surface area contributed by atoms with Crippen LogP contribution in [0.2, 0.25) is 0 Å². The van der Waals surface area contributed by atoms with Crippen LogP contribution < -0.4 is 33.9 Å². The van der Waals surface area contributed by atoms with Gasteiger partial charge in [-0.25, -0.2) is 5.01 Å². The maximum Gasteiger partial charge on any atom is 0.287 e. The highest BCUT2D eigenvalue weighted by molar-refractivity contribution is 6.15. The van der Waals surface area contributed by atoms with Gasteiger partial charge >= 0.3 is 0 Å². The minimum atomic E-state index is -2.17. The molecule has 1 unspecified atom stereocenters. The Kier molecular flexibility index (Phi) is 13.1. The molecule has 0 saturated heterocycles. The molecular formula is C25H37ClN4O3. The Hall–Kier alpha value is -2.61. The van der Waals surface area contributed by atoms with E-state index >= 15 is 0 Å². The number of aliphatic hydroxyl groups is 1. The van der Waals surface area contributed by atoms with Crippen molar-refractivity contribution in [2.45, 2.75) is 57.5 Å². The second-order valence-corrected chi connectivity index (χ2v) is 7.94. The Morgan fingerprint density at radius 1 is 0.939 bits per heavy atom. The van der Waals surface area contributed by atoms with E-state index in [-0.39, 0.29) is 18.8 Å². The van der Waals surface area contributed by atoms with Gasteiger partial charge in [0.15, 0.2) is 0 Å². The van der Waals surface area contributed by atoms with E-state index in [0.717, 1.165) is 38.6 Å². The number of hydrazine groups is 1. The summed E-state index contributed by atoms with van der Waals surface area (Å²) in [5.74, 6) is -1.35. The third-order valence-corrected chi connectivity index (χ3v) is 5.32. The predicted octanol–water partition coefficient (Wildman–Crippen LogP) is -0.109. The SMILES string of the molecule is CCCCC(O)(C(=O)NCCCCCC[NH3+])C(=O)N(Nc1ccccc1)c1ccccc1.[Cl-]. The quantitative estimate of drug-likeness (QED) is 0.173. The number of carbonyl (C=O) groups is 2. The number of amides is 2. The molecule has 2 amide bonds. The molecule has 0 bridgehead atoms. The van der Waals surface area contributed by atoms with E-state index in [0.29, 0.717) is 24.3 Å². The minimum Gasteiger partial charge on any atom is -1.00 e. The van der Waals surface area contributed by atoms with Crippen LogP contribution in [0.15, 0.2) is 60.7 Å². The van der Waals surface area contributed by atoms with Gasteiger partial charge in [-0.1, -0.05) is 56.2 Å². The fourth-order valence-corrected chi connectivity index (χ4v) is 3.39. The third kappa shape index (κ3) is 8.68. The van der Waals surface area contributed by atoms with E-state index in [1.807, 2.05) is 43.3 Å². The van der Waals surface area contributed by atoms with Gasteiger partial charge in [0.2, 0.25) is 5.60 Å². The molecule has 0 aromatic heterocycles. The van der Waals surface area contributed by atoms with Gasteiger partial charge in [0.25, 0.3) is 11.8 Å². The second-order valence-electron chi connectivity index (χ2n) is 7.94. The molecule has 0 radical (unpaired) electrons. The van der Waals surface area contributed by atoms with Gasteiger partial charge in [0, 0.05) is 6.54 Å². The summed E-state index contributed by atoms with van der Waals surface area (Å²) >= 11 is 0. The molecule has 0 heterocycles. The lowest BCUT2D eigenvalue weighted by atomic mass is 9.93. The molecule has 1 atom stereocenters. The summed E-state index contributed by atoms with van der Waals surface area (Å²) in [4.78, 5) is 26.7. The van der Waals surface area contributed by atoms with E-state index in [1.165, 1.54) is 5.01 Å². The second kappa shape index (κ2) is 15.3. The van der Waals surface area contributed by atoms with Gasteiger partial charge in [-0.15, -0.1) is 0 Å². The van der Waals surface area contributed by atoms with Crippen molar-refractivity contribution in [1.82, 2.24) is 5.32 Å². The number of rotatable bonds is 14. The molecule has 0 aliphatic heterocycles. The van der Waals surface area contributed by atoms with Crippen LogP contribution in [0.25, 0.3) is 0 Å². The molecule has 0 saturated carbocycles. The van der Waals surface area contributed by atoms with Gasteiger partial charge < -0.3 is 28.6 Å². The Balaban J connectivity index is 0.00000544. The summed E-state index contributed by atoms with van der Waals surface area (Å²) in [7, 11) is 0. The number of benzene rings is 2. The zero-order valence-corrected chi connectivity index (χ0v) is 20.2. The predicted molar refractivity (Wildman–Crippen MR) is 128 cm³/mol. The number of hydrogen-bond acceptors (Lipinski definition) is 4. The monoisotopic (exact) mass is 476 g/mol. The largest absolute Gasteiger partial charge is 1.00 e. The molecule has 0 spiro atoms. The first-order chi connectivity index (χ1) is 15.5. The Morgan fingerprint density at radius 2 is 1.55 bits per heavy atom. The van der Waals surface area contributed by atoms with Crippen LogP contribution >= 0.6 is 0 Å². The normalized spacial score (nSPS) is 12.2. The summed E-state index contributed by atoms with van der Waals surface area (Å²) in [5, 5.41) is 15.4. The highest BCUT2D eigenvalue weighted by Gasteiger charge is 2.46. The molecule has 6 N–H and O–H groups in total. The Labute approximate surface area is 203 Å². The van der Waals surface area contributed by atoms with Crippen LogP contribution in [0.1, 0.15) is 51.9 Å². The molecular weight excluding hydrogens is 440 g/mol. The van der Waals surface area contributed by atoms with Crippen LogP contribution in [0.3, 0.4) is 0 Å². The minimum absolute atomic E-state index is 0.